The Morgan fingerprint density at radius 1 is 1.00 bits per heavy atom. The molecule has 7 heteroatoms. The Kier molecular flexibility index (Phi) is 5.21. The first-order valence-electron chi connectivity index (χ1n) is 10.6. The minimum absolute atomic E-state index is 0.0179. The molecule has 2 aromatic rings. The van der Waals surface area contributed by atoms with Crippen molar-refractivity contribution in [3.05, 3.63) is 47.5 Å². The number of carbonyl (C=O) groups excluding carboxylic acids is 1. The van der Waals surface area contributed by atoms with Gasteiger partial charge in [-0.1, -0.05) is 23.7 Å². The fraction of sp³-hybridized carbons (Fsp3) is 0.435. The second-order valence-corrected chi connectivity index (χ2v) is 8.65. The van der Waals surface area contributed by atoms with Gasteiger partial charge in [0.25, 0.3) is 5.79 Å². The summed E-state index contributed by atoms with van der Waals surface area (Å²) in [6.45, 7) is 3.71. The molecule has 2 heterocycles. The van der Waals surface area contributed by atoms with Crippen LogP contribution in [0, 0.1) is 0 Å². The topological polar surface area (TPSA) is 54.0 Å². The minimum Gasteiger partial charge on any atom is -0.448 e. The lowest BCUT2D eigenvalue weighted by Crippen LogP contribution is -2.48. The van der Waals surface area contributed by atoms with E-state index in [9.17, 15) is 4.79 Å². The Morgan fingerprint density at radius 2 is 1.73 bits per heavy atom. The lowest BCUT2D eigenvalue weighted by atomic mass is 10.2. The van der Waals surface area contributed by atoms with Crippen molar-refractivity contribution < 1.29 is 14.3 Å². The molecular weight excluding hydrogens is 402 g/mol. The number of hydrogen-bond donors (Lipinski definition) is 1. The number of anilines is 2. The smallest absolute Gasteiger partial charge is 0.251 e. The van der Waals surface area contributed by atoms with E-state index in [4.69, 9.17) is 21.1 Å². The number of para-hydroxylation sites is 1. The number of ether oxygens (including phenoxy) is 2. The summed E-state index contributed by atoms with van der Waals surface area (Å²) in [7, 11) is 0. The van der Waals surface area contributed by atoms with Crippen molar-refractivity contribution >= 4 is 28.9 Å². The number of rotatable bonds is 4. The quantitative estimate of drug-likeness (QED) is 0.794. The van der Waals surface area contributed by atoms with Crippen LogP contribution in [0.4, 0.5) is 11.4 Å². The highest BCUT2D eigenvalue weighted by molar-refractivity contribution is 6.33. The van der Waals surface area contributed by atoms with Crippen molar-refractivity contribution in [1.82, 2.24) is 4.90 Å². The average molecular weight is 428 g/mol. The van der Waals surface area contributed by atoms with E-state index in [1.165, 1.54) is 0 Å². The number of nitrogens with zero attached hydrogens (tertiary/aromatic N) is 2. The predicted molar refractivity (Wildman–Crippen MR) is 118 cm³/mol. The van der Waals surface area contributed by atoms with E-state index in [1.807, 2.05) is 42.5 Å². The molecule has 0 atom stereocenters. The third-order valence-electron chi connectivity index (χ3n) is 6.12. The molecule has 3 aliphatic rings. The lowest BCUT2D eigenvalue weighted by Gasteiger charge is -2.36. The van der Waals surface area contributed by atoms with Gasteiger partial charge in [0.15, 0.2) is 11.5 Å². The molecule has 0 radical (unpaired) electrons. The van der Waals surface area contributed by atoms with Crippen molar-refractivity contribution in [2.75, 3.05) is 42.9 Å². The number of halogens is 1. The molecule has 1 spiro atoms. The van der Waals surface area contributed by atoms with Crippen molar-refractivity contribution in [2.45, 2.75) is 31.5 Å². The zero-order chi connectivity index (χ0) is 20.6. The van der Waals surface area contributed by atoms with Crippen LogP contribution in [0.1, 0.15) is 25.7 Å². The number of carbonyl (C=O) groups is 1. The van der Waals surface area contributed by atoms with Crippen LogP contribution in [0.5, 0.6) is 11.5 Å². The van der Waals surface area contributed by atoms with Crippen molar-refractivity contribution in [3.8, 4) is 11.5 Å². The monoisotopic (exact) mass is 427 g/mol. The summed E-state index contributed by atoms with van der Waals surface area (Å²) in [6.07, 6.45) is 4.09. The van der Waals surface area contributed by atoms with Crippen molar-refractivity contribution in [2.24, 2.45) is 0 Å². The van der Waals surface area contributed by atoms with Gasteiger partial charge in [-0.2, -0.15) is 0 Å². The average Bonchev–Trinajstić information content (AvgIpc) is 3.34. The summed E-state index contributed by atoms with van der Waals surface area (Å²) < 4.78 is 12.1. The zero-order valence-corrected chi connectivity index (χ0v) is 17.7. The Hall–Kier alpha value is -2.44. The number of fused-ring (bicyclic) bond motifs is 1. The summed E-state index contributed by atoms with van der Waals surface area (Å²) in [5.41, 5.74) is 1.80. The van der Waals surface area contributed by atoms with Gasteiger partial charge >= 0.3 is 0 Å². The first-order chi connectivity index (χ1) is 14.6. The third-order valence-corrected chi connectivity index (χ3v) is 6.44. The highest BCUT2D eigenvalue weighted by Crippen LogP contribution is 2.47. The molecule has 0 bridgehead atoms. The van der Waals surface area contributed by atoms with Crippen LogP contribution in [-0.4, -0.2) is 49.3 Å². The number of amides is 1. The highest BCUT2D eigenvalue weighted by atomic mass is 35.5. The van der Waals surface area contributed by atoms with Crippen molar-refractivity contribution in [1.29, 1.82) is 0 Å². The maximum Gasteiger partial charge on any atom is 0.251 e. The van der Waals surface area contributed by atoms with Gasteiger partial charge in [0.05, 0.1) is 17.3 Å². The normalized spacial score (nSPS) is 20.0. The lowest BCUT2D eigenvalue weighted by molar-refractivity contribution is -0.117. The molecule has 30 heavy (non-hydrogen) atoms. The molecule has 2 aromatic carbocycles. The first-order valence-corrected chi connectivity index (χ1v) is 11.0. The number of benzene rings is 2. The number of piperazine rings is 1. The fourth-order valence-electron chi connectivity index (χ4n) is 4.55. The predicted octanol–water partition coefficient (Wildman–Crippen LogP) is 4.14. The van der Waals surface area contributed by atoms with Gasteiger partial charge in [-0.3, -0.25) is 9.69 Å². The Labute approximate surface area is 181 Å². The van der Waals surface area contributed by atoms with Crippen LogP contribution in [-0.2, 0) is 4.79 Å². The molecule has 2 fully saturated rings. The molecule has 6 nitrogen and oxygen atoms in total. The second-order valence-electron chi connectivity index (χ2n) is 8.25. The first kappa shape index (κ1) is 19.5. The maximum absolute atomic E-state index is 12.6. The SMILES string of the molecule is O=C(CN1CCN(c2ccccc2Cl)CC1)Nc1ccc2c(c1)OC1(CCCC1)O2. The van der Waals surface area contributed by atoms with Crippen LogP contribution < -0.4 is 19.7 Å². The maximum atomic E-state index is 12.6. The Morgan fingerprint density at radius 3 is 2.50 bits per heavy atom. The standard InChI is InChI=1S/C23H26ClN3O3/c24-18-5-1-2-6-19(18)27-13-11-26(12-14-27)16-22(28)25-17-7-8-20-21(15-17)30-23(29-20)9-3-4-10-23/h1-2,5-8,15H,3-4,9-14,16H2,(H,25,28). The molecule has 1 saturated carbocycles. The summed E-state index contributed by atoms with van der Waals surface area (Å²) in [4.78, 5) is 17.0. The van der Waals surface area contributed by atoms with E-state index in [0.717, 1.165) is 79.8 Å². The van der Waals surface area contributed by atoms with E-state index < -0.39 is 5.79 Å². The van der Waals surface area contributed by atoms with E-state index in [-0.39, 0.29) is 5.91 Å². The van der Waals surface area contributed by atoms with Crippen LogP contribution >= 0.6 is 11.6 Å². The summed E-state index contributed by atoms with van der Waals surface area (Å²) in [5.74, 6) is 0.996. The molecule has 1 saturated heterocycles. The molecule has 5 rings (SSSR count). The van der Waals surface area contributed by atoms with Crippen molar-refractivity contribution in [3.63, 3.8) is 0 Å². The molecule has 1 N–H and O–H groups in total. The van der Waals surface area contributed by atoms with Gasteiger partial charge in [0.1, 0.15) is 0 Å². The van der Waals surface area contributed by atoms with Crippen LogP contribution in [0.2, 0.25) is 5.02 Å². The van der Waals surface area contributed by atoms with Gasteiger partial charge in [0, 0.05) is 50.8 Å². The third kappa shape index (κ3) is 3.94. The Bertz CT molecular complexity index is 937. The Balaban J connectivity index is 1.14. The van der Waals surface area contributed by atoms with Crippen LogP contribution in [0.15, 0.2) is 42.5 Å². The van der Waals surface area contributed by atoms with Crippen LogP contribution in [0.25, 0.3) is 0 Å². The highest BCUT2D eigenvalue weighted by Gasteiger charge is 2.44. The molecular formula is C23H26ClN3O3. The van der Waals surface area contributed by atoms with E-state index in [1.54, 1.807) is 0 Å². The summed E-state index contributed by atoms with van der Waals surface area (Å²) in [5, 5.41) is 3.77. The number of hydrogen-bond acceptors (Lipinski definition) is 5. The van der Waals surface area contributed by atoms with Gasteiger partial charge in [-0.05, 0) is 37.1 Å². The van der Waals surface area contributed by atoms with Gasteiger partial charge in [0.2, 0.25) is 5.91 Å². The summed E-state index contributed by atoms with van der Waals surface area (Å²) in [6, 6.07) is 13.5. The fourth-order valence-corrected chi connectivity index (χ4v) is 4.80. The van der Waals surface area contributed by atoms with Crippen LogP contribution in [0.3, 0.4) is 0 Å². The second kappa shape index (κ2) is 8.00. The number of nitrogens with one attached hydrogen (secondary N) is 1. The van der Waals surface area contributed by atoms with Gasteiger partial charge in [-0.25, -0.2) is 0 Å². The molecule has 2 aliphatic heterocycles. The van der Waals surface area contributed by atoms with E-state index in [2.05, 4.69) is 15.1 Å². The summed E-state index contributed by atoms with van der Waals surface area (Å²) >= 11 is 6.31. The largest absolute Gasteiger partial charge is 0.448 e. The van der Waals surface area contributed by atoms with Gasteiger partial charge < -0.3 is 19.7 Å². The van der Waals surface area contributed by atoms with E-state index in [0.29, 0.717) is 6.54 Å². The molecule has 0 unspecified atom stereocenters. The molecule has 158 valence electrons. The molecule has 1 amide bonds. The van der Waals surface area contributed by atoms with Gasteiger partial charge in [-0.15, -0.1) is 0 Å². The minimum atomic E-state index is -0.480. The van der Waals surface area contributed by atoms with E-state index >= 15 is 0 Å². The molecule has 1 aliphatic carbocycles. The molecule has 0 aromatic heterocycles. The zero-order valence-electron chi connectivity index (χ0n) is 16.9.